The Hall–Kier alpha value is -2.37. The lowest BCUT2D eigenvalue weighted by Gasteiger charge is -2.11. The van der Waals surface area contributed by atoms with Gasteiger partial charge in [0, 0.05) is 25.7 Å². The van der Waals surface area contributed by atoms with Crippen molar-refractivity contribution in [2.24, 2.45) is 4.99 Å². The first-order valence-electron chi connectivity index (χ1n) is 8.94. The van der Waals surface area contributed by atoms with E-state index >= 15 is 0 Å². The van der Waals surface area contributed by atoms with Gasteiger partial charge in [-0.1, -0.05) is 18.2 Å². The van der Waals surface area contributed by atoms with E-state index < -0.39 is 11.7 Å². The first-order valence-corrected chi connectivity index (χ1v) is 8.94. The maximum Gasteiger partial charge on any atom is 0.416 e. The summed E-state index contributed by atoms with van der Waals surface area (Å²) in [5, 5.41) is 14.6. The molecular weight excluding hydrogens is 496 g/mol. The van der Waals surface area contributed by atoms with Crippen molar-refractivity contribution in [3.63, 3.8) is 0 Å². The summed E-state index contributed by atoms with van der Waals surface area (Å²) in [5.74, 6) is 1.43. The first-order chi connectivity index (χ1) is 13.5. The zero-order valence-corrected chi connectivity index (χ0v) is 18.1. The van der Waals surface area contributed by atoms with Crippen molar-refractivity contribution in [1.82, 2.24) is 25.2 Å². The normalized spacial score (nSPS) is 11.9. The van der Waals surface area contributed by atoms with Crippen LogP contribution in [0.25, 0.3) is 5.65 Å². The van der Waals surface area contributed by atoms with Gasteiger partial charge < -0.3 is 10.6 Å². The number of nitrogens with zero attached hydrogens (tertiary/aromatic N) is 4. The van der Waals surface area contributed by atoms with Gasteiger partial charge in [0.2, 0.25) is 0 Å². The number of nitrogens with one attached hydrogen (secondary N) is 2. The van der Waals surface area contributed by atoms with Crippen molar-refractivity contribution in [2.45, 2.75) is 26.1 Å². The molecule has 3 aromatic rings. The third kappa shape index (κ3) is 6.31. The molecule has 0 spiro atoms. The molecule has 1 aromatic carbocycles. The Morgan fingerprint density at radius 1 is 1.07 bits per heavy atom. The average Bonchev–Trinajstić information content (AvgIpc) is 3.09. The van der Waals surface area contributed by atoms with Gasteiger partial charge in [0.05, 0.1) is 12.1 Å². The minimum Gasteiger partial charge on any atom is -0.357 e. The van der Waals surface area contributed by atoms with Gasteiger partial charge in [-0.05, 0) is 36.8 Å². The standard InChI is InChI=1S/C19H21F3N6.HI/c1-2-23-18(25-13-14-6-8-15(9-7-14)19(20,21)22)24-11-10-17-27-26-16-5-3-4-12-28(16)17;/h3-9,12H,2,10-11,13H2,1H3,(H2,23,24,25);1H. The highest BCUT2D eigenvalue weighted by atomic mass is 127. The molecule has 0 saturated heterocycles. The molecule has 10 heteroatoms. The Bertz CT molecular complexity index is 937. The van der Waals surface area contributed by atoms with Crippen LogP contribution in [-0.2, 0) is 19.1 Å². The molecule has 0 saturated carbocycles. The van der Waals surface area contributed by atoms with Crippen LogP contribution in [0, 0.1) is 0 Å². The largest absolute Gasteiger partial charge is 0.416 e. The van der Waals surface area contributed by atoms with E-state index in [2.05, 4.69) is 25.8 Å². The Morgan fingerprint density at radius 2 is 1.83 bits per heavy atom. The number of fused-ring (bicyclic) bond motifs is 1. The van der Waals surface area contributed by atoms with Crippen molar-refractivity contribution in [2.75, 3.05) is 13.1 Å². The van der Waals surface area contributed by atoms with Crippen molar-refractivity contribution in [3.05, 3.63) is 65.6 Å². The highest BCUT2D eigenvalue weighted by molar-refractivity contribution is 14.0. The number of hydrogen-bond donors (Lipinski definition) is 2. The summed E-state index contributed by atoms with van der Waals surface area (Å²) in [4.78, 5) is 4.43. The molecule has 0 unspecified atom stereocenters. The van der Waals surface area contributed by atoms with Crippen LogP contribution in [0.4, 0.5) is 13.2 Å². The molecule has 6 nitrogen and oxygen atoms in total. The average molecular weight is 518 g/mol. The third-order valence-electron chi connectivity index (χ3n) is 4.07. The number of pyridine rings is 1. The summed E-state index contributed by atoms with van der Waals surface area (Å²) >= 11 is 0. The predicted octanol–water partition coefficient (Wildman–Crippen LogP) is 3.66. The van der Waals surface area contributed by atoms with Gasteiger partial charge in [-0.25, -0.2) is 4.99 Å². The van der Waals surface area contributed by atoms with Crippen molar-refractivity contribution in [3.8, 4) is 0 Å². The second kappa shape index (κ2) is 10.4. The number of rotatable bonds is 6. The highest BCUT2D eigenvalue weighted by Crippen LogP contribution is 2.29. The van der Waals surface area contributed by atoms with Gasteiger partial charge in [0.25, 0.3) is 0 Å². The van der Waals surface area contributed by atoms with E-state index in [1.807, 2.05) is 35.7 Å². The quantitative estimate of drug-likeness (QED) is 0.297. The van der Waals surface area contributed by atoms with Crippen LogP contribution < -0.4 is 10.6 Å². The molecule has 2 aromatic heterocycles. The topological polar surface area (TPSA) is 66.6 Å². The Labute approximate surface area is 183 Å². The number of guanidine groups is 1. The fourth-order valence-corrected chi connectivity index (χ4v) is 2.67. The molecule has 2 N–H and O–H groups in total. The zero-order chi connectivity index (χ0) is 20.0. The summed E-state index contributed by atoms with van der Waals surface area (Å²) in [6.07, 6.45) is -1.77. The van der Waals surface area contributed by atoms with Crippen LogP contribution in [0.1, 0.15) is 23.9 Å². The number of halogens is 4. The smallest absolute Gasteiger partial charge is 0.357 e. The Balaban J connectivity index is 0.00000300. The molecule has 0 bridgehead atoms. The molecular formula is C19H22F3IN6. The lowest BCUT2D eigenvalue weighted by molar-refractivity contribution is -0.137. The minimum atomic E-state index is -4.33. The van der Waals surface area contributed by atoms with Crippen LogP contribution in [0.2, 0.25) is 0 Å². The fourth-order valence-electron chi connectivity index (χ4n) is 2.67. The number of aromatic nitrogens is 3. The monoisotopic (exact) mass is 518 g/mol. The van der Waals surface area contributed by atoms with E-state index in [4.69, 9.17) is 0 Å². The Morgan fingerprint density at radius 3 is 2.52 bits per heavy atom. The van der Waals surface area contributed by atoms with E-state index in [0.717, 1.165) is 23.6 Å². The maximum absolute atomic E-state index is 12.6. The van der Waals surface area contributed by atoms with Gasteiger partial charge in [0.15, 0.2) is 11.6 Å². The van der Waals surface area contributed by atoms with Gasteiger partial charge in [0.1, 0.15) is 5.82 Å². The maximum atomic E-state index is 12.6. The summed E-state index contributed by atoms with van der Waals surface area (Å²) < 4.78 is 39.8. The molecule has 0 aliphatic heterocycles. The molecule has 156 valence electrons. The number of benzene rings is 1. The Kier molecular flexibility index (Phi) is 8.23. The minimum absolute atomic E-state index is 0. The molecule has 0 fully saturated rings. The van der Waals surface area contributed by atoms with Gasteiger partial charge in [-0.3, -0.25) is 4.40 Å². The summed E-state index contributed by atoms with van der Waals surface area (Å²) in [6.45, 7) is 3.49. The second-order valence-electron chi connectivity index (χ2n) is 6.11. The SMILES string of the molecule is CCNC(=NCc1ccc(C(F)(F)F)cc1)NCCc1nnc2ccccn12.I. The molecule has 0 atom stereocenters. The molecule has 0 aliphatic rings. The van der Waals surface area contributed by atoms with Crippen molar-refractivity contribution in [1.29, 1.82) is 0 Å². The number of alkyl halides is 3. The van der Waals surface area contributed by atoms with E-state index in [1.165, 1.54) is 12.1 Å². The summed E-state index contributed by atoms with van der Waals surface area (Å²) in [7, 11) is 0. The number of hydrogen-bond acceptors (Lipinski definition) is 3. The van der Waals surface area contributed by atoms with Crippen LogP contribution >= 0.6 is 24.0 Å². The van der Waals surface area contributed by atoms with Crippen LogP contribution in [0.15, 0.2) is 53.7 Å². The zero-order valence-electron chi connectivity index (χ0n) is 15.8. The van der Waals surface area contributed by atoms with E-state index in [0.29, 0.717) is 31.0 Å². The van der Waals surface area contributed by atoms with E-state index in [-0.39, 0.29) is 30.5 Å². The molecule has 3 rings (SSSR count). The summed E-state index contributed by atoms with van der Waals surface area (Å²) in [6, 6.07) is 10.7. The van der Waals surface area contributed by atoms with E-state index in [1.54, 1.807) is 0 Å². The molecule has 0 aliphatic carbocycles. The fraction of sp³-hybridized carbons (Fsp3) is 0.316. The van der Waals surface area contributed by atoms with Gasteiger partial charge in [-0.2, -0.15) is 13.2 Å². The summed E-state index contributed by atoms with van der Waals surface area (Å²) in [5.41, 5.74) is 0.833. The van der Waals surface area contributed by atoms with Crippen LogP contribution in [-0.4, -0.2) is 33.6 Å². The van der Waals surface area contributed by atoms with E-state index in [9.17, 15) is 13.2 Å². The lowest BCUT2D eigenvalue weighted by Crippen LogP contribution is -2.38. The highest BCUT2D eigenvalue weighted by Gasteiger charge is 2.29. The van der Waals surface area contributed by atoms with Crippen molar-refractivity contribution >= 4 is 35.6 Å². The van der Waals surface area contributed by atoms with Gasteiger partial charge >= 0.3 is 6.18 Å². The van der Waals surface area contributed by atoms with Crippen LogP contribution in [0.3, 0.4) is 0 Å². The molecule has 0 amide bonds. The van der Waals surface area contributed by atoms with Crippen molar-refractivity contribution < 1.29 is 13.2 Å². The first kappa shape index (κ1) is 22.9. The molecule has 29 heavy (non-hydrogen) atoms. The third-order valence-corrected chi connectivity index (χ3v) is 4.07. The second-order valence-corrected chi connectivity index (χ2v) is 6.11. The number of aliphatic imine (C=N–C) groups is 1. The predicted molar refractivity (Wildman–Crippen MR) is 116 cm³/mol. The van der Waals surface area contributed by atoms with Crippen LogP contribution in [0.5, 0.6) is 0 Å². The van der Waals surface area contributed by atoms with Gasteiger partial charge in [-0.15, -0.1) is 34.2 Å². The lowest BCUT2D eigenvalue weighted by atomic mass is 10.1. The molecule has 0 radical (unpaired) electrons. The molecule has 2 heterocycles.